The summed E-state index contributed by atoms with van der Waals surface area (Å²) in [6, 6.07) is 10.7. The minimum Gasteiger partial charge on any atom is -0.371 e. The van der Waals surface area contributed by atoms with E-state index in [0.29, 0.717) is 5.92 Å². The summed E-state index contributed by atoms with van der Waals surface area (Å²) in [6.45, 7) is 7.92. The molecule has 1 N–H and O–H groups in total. The van der Waals surface area contributed by atoms with Gasteiger partial charge in [0, 0.05) is 18.8 Å². The standard InChI is InChI=1S/C15H26N2/c1-4-5-11-17(13-14(2)12-16-3)15-9-7-6-8-10-15/h6-10,14,16H,4-5,11-13H2,1-3H3. The minimum absolute atomic E-state index is 0.678. The van der Waals surface area contributed by atoms with Crippen LogP contribution in [0.25, 0.3) is 0 Å². The van der Waals surface area contributed by atoms with Crippen LogP contribution in [-0.2, 0) is 0 Å². The summed E-state index contributed by atoms with van der Waals surface area (Å²) < 4.78 is 0. The molecule has 0 spiro atoms. The molecule has 0 heterocycles. The monoisotopic (exact) mass is 234 g/mol. The number of nitrogens with one attached hydrogen (secondary N) is 1. The van der Waals surface area contributed by atoms with E-state index in [1.54, 1.807) is 0 Å². The molecule has 2 heteroatoms. The van der Waals surface area contributed by atoms with E-state index in [1.807, 2.05) is 7.05 Å². The fraction of sp³-hybridized carbons (Fsp3) is 0.600. The number of nitrogens with zero attached hydrogens (tertiary/aromatic N) is 1. The number of para-hydroxylation sites is 1. The van der Waals surface area contributed by atoms with E-state index in [-0.39, 0.29) is 0 Å². The zero-order chi connectivity index (χ0) is 12.5. The number of hydrogen-bond donors (Lipinski definition) is 1. The van der Waals surface area contributed by atoms with Crippen LogP contribution in [0.5, 0.6) is 0 Å². The first-order valence-electron chi connectivity index (χ1n) is 6.72. The molecule has 0 saturated heterocycles. The van der Waals surface area contributed by atoms with Crippen molar-refractivity contribution in [3.8, 4) is 0 Å². The minimum atomic E-state index is 0.678. The molecule has 0 amide bonds. The Morgan fingerprint density at radius 2 is 1.94 bits per heavy atom. The van der Waals surface area contributed by atoms with Crippen LogP contribution in [0.3, 0.4) is 0 Å². The lowest BCUT2D eigenvalue weighted by molar-refractivity contribution is 0.524. The molecule has 0 radical (unpaired) electrons. The van der Waals surface area contributed by atoms with Crippen molar-refractivity contribution in [2.45, 2.75) is 26.7 Å². The maximum atomic E-state index is 3.25. The Hall–Kier alpha value is -1.02. The quantitative estimate of drug-likeness (QED) is 0.743. The lowest BCUT2D eigenvalue weighted by Gasteiger charge is -2.28. The van der Waals surface area contributed by atoms with Gasteiger partial charge in [-0.25, -0.2) is 0 Å². The third kappa shape index (κ3) is 5.22. The summed E-state index contributed by atoms with van der Waals surface area (Å²) in [5, 5.41) is 3.25. The second-order valence-corrected chi connectivity index (χ2v) is 4.80. The molecule has 1 rings (SSSR count). The predicted octanol–water partition coefficient (Wildman–Crippen LogP) is 3.15. The highest BCUT2D eigenvalue weighted by molar-refractivity contribution is 5.45. The molecule has 1 aromatic carbocycles. The van der Waals surface area contributed by atoms with E-state index in [4.69, 9.17) is 0 Å². The van der Waals surface area contributed by atoms with Gasteiger partial charge in [-0.15, -0.1) is 0 Å². The Morgan fingerprint density at radius 1 is 1.24 bits per heavy atom. The van der Waals surface area contributed by atoms with Crippen LogP contribution in [0.1, 0.15) is 26.7 Å². The van der Waals surface area contributed by atoms with Crippen molar-refractivity contribution in [3.05, 3.63) is 30.3 Å². The van der Waals surface area contributed by atoms with Crippen LogP contribution >= 0.6 is 0 Å². The lowest BCUT2D eigenvalue weighted by Crippen LogP contribution is -2.33. The van der Waals surface area contributed by atoms with E-state index in [0.717, 1.165) is 19.6 Å². The van der Waals surface area contributed by atoms with Crippen molar-refractivity contribution in [2.75, 3.05) is 31.6 Å². The van der Waals surface area contributed by atoms with Gasteiger partial charge in [0.05, 0.1) is 0 Å². The van der Waals surface area contributed by atoms with E-state index >= 15 is 0 Å². The molecule has 0 aliphatic rings. The van der Waals surface area contributed by atoms with Crippen molar-refractivity contribution in [3.63, 3.8) is 0 Å². The first kappa shape index (κ1) is 14.0. The van der Waals surface area contributed by atoms with Gasteiger partial charge in [0.2, 0.25) is 0 Å². The molecule has 17 heavy (non-hydrogen) atoms. The highest BCUT2D eigenvalue weighted by Crippen LogP contribution is 2.15. The SMILES string of the molecule is CCCCN(CC(C)CNC)c1ccccc1. The zero-order valence-electron chi connectivity index (χ0n) is 11.4. The lowest BCUT2D eigenvalue weighted by atomic mass is 10.1. The first-order chi connectivity index (χ1) is 8.27. The smallest absolute Gasteiger partial charge is 0.0366 e. The highest BCUT2D eigenvalue weighted by Gasteiger charge is 2.09. The molecule has 1 atom stereocenters. The van der Waals surface area contributed by atoms with E-state index in [1.165, 1.54) is 18.5 Å². The second kappa shape index (κ2) is 8.13. The summed E-state index contributed by atoms with van der Waals surface area (Å²) >= 11 is 0. The summed E-state index contributed by atoms with van der Waals surface area (Å²) in [5.41, 5.74) is 1.35. The van der Waals surface area contributed by atoms with Crippen molar-refractivity contribution in [1.82, 2.24) is 5.32 Å². The molecular formula is C15H26N2. The molecule has 0 bridgehead atoms. The fourth-order valence-corrected chi connectivity index (χ4v) is 2.10. The number of rotatable bonds is 8. The van der Waals surface area contributed by atoms with Crippen LogP contribution in [0.15, 0.2) is 30.3 Å². The zero-order valence-corrected chi connectivity index (χ0v) is 11.4. The van der Waals surface area contributed by atoms with Crippen molar-refractivity contribution < 1.29 is 0 Å². The van der Waals surface area contributed by atoms with Gasteiger partial charge in [0.1, 0.15) is 0 Å². The van der Waals surface area contributed by atoms with Crippen molar-refractivity contribution >= 4 is 5.69 Å². The topological polar surface area (TPSA) is 15.3 Å². The average Bonchev–Trinajstić information content (AvgIpc) is 2.36. The summed E-state index contributed by atoms with van der Waals surface area (Å²) in [6.07, 6.45) is 2.52. The van der Waals surface area contributed by atoms with Crippen LogP contribution in [-0.4, -0.2) is 26.7 Å². The van der Waals surface area contributed by atoms with E-state index < -0.39 is 0 Å². The molecule has 0 aliphatic carbocycles. The predicted molar refractivity (Wildman–Crippen MR) is 76.7 cm³/mol. The van der Waals surface area contributed by atoms with E-state index in [2.05, 4.69) is 54.4 Å². The van der Waals surface area contributed by atoms with Gasteiger partial charge in [-0.2, -0.15) is 0 Å². The van der Waals surface area contributed by atoms with Gasteiger partial charge >= 0.3 is 0 Å². The van der Waals surface area contributed by atoms with Crippen LogP contribution < -0.4 is 10.2 Å². The Bertz CT molecular complexity index is 284. The van der Waals surface area contributed by atoms with Gasteiger partial charge in [0.25, 0.3) is 0 Å². The maximum Gasteiger partial charge on any atom is 0.0366 e. The maximum absolute atomic E-state index is 3.25. The molecular weight excluding hydrogens is 208 g/mol. The van der Waals surface area contributed by atoms with Gasteiger partial charge in [-0.05, 0) is 38.1 Å². The summed E-state index contributed by atoms with van der Waals surface area (Å²) in [7, 11) is 2.02. The Kier molecular flexibility index (Phi) is 6.71. The van der Waals surface area contributed by atoms with Crippen molar-refractivity contribution in [1.29, 1.82) is 0 Å². The highest BCUT2D eigenvalue weighted by atomic mass is 15.1. The fourth-order valence-electron chi connectivity index (χ4n) is 2.10. The first-order valence-corrected chi connectivity index (χ1v) is 6.72. The number of hydrogen-bond acceptors (Lipinski definition) is 2. The number of anilines is 1. The van der Waals surface area contributed by atoms with Gasteiger partial charge in [-0.3, -0.25) is 0 Å². The Balaban J connectivity index is 2.60. The normalized spacial score (nSPS) is 12.4. The van der Waals surface area contributed by atoms with Gasteiger partial charge < -0.3 is 10.2 Å². The third-order valence-electron chi connectivity index (χ3n) is 2.99. The number of benzene rings is 1. The Morgan fingerprint density at radius 3 is 2.53 bits per heavy atom. The van der Waals surface area contributed by atoms with Crippen LogP contribution in [0.4, 0.5) is 5.69 Å². The molecule has 0 aliphatic heterocycles. The molecule has 2 nitrogen and oxygen atoms in total. The molecule has 0 fully saturated rings. The number of unbranched alkanes of at least 4 members (excludes halogenated alkanes) is 1. The largest absolute Gasteiger partial charge is 0.371 e. The summed E-state index contributed by atoms with van der Waals surface area (Å²) in [5.74, 6) is 0.678. The second-order valence-electron chi connectivity index (χ2n) is 4.80. The van der Waals surface area contributed by atoms with Crippen molar-refractivity contribution in [2.24, 2.45) is 5.92 Å². The average molecular weight is 234 g/mol. The van der Waals surface area contributed by atoms with Crippen LogP contribution in [0, 0.1) is 5.92 Å². The molecule has 96 valence electrons. The molecule has 0 aromatic heterocycles. The third-order valence-corrected chi connectivity index (χ3v) is 2.99. The molecule has 1 aromatic rings. The van der Waals surface area contributed by atoms with Crippen LogP contribution in [0.2, 0.25) is 0 Å². The summed E-state index contributed by atoms with van der Waals surface area (Å²) in [4.78, 5) is 2.51. The van der Waals surface area contributed by atoms with E-state index in [9.17, 15) is 0 Å². The Labute approximate surface area is 106 Å². The van der Waals surface area contributed by atoms with Gasteiger partial charge in [-0.1, -0.05) is 38.5 Å². The van der Waals surface area contributed by atoms with Gasteiger partial charge in [0.15, 0.2) is 0 Å². The molecule has 0 saturated carbocycles. The molecule has 1 unspecified atom stereocenters.